The Morgan fingerprint density at radius 2 is 1.85 bits per heavy atom. The Kier molecular flexibility index (Phi) is 5.56. The number of nitrogens with zero attached hydrogens (tertiary/aromatic N) is 2. The number of nitro groups is 1. The molecule has 7 nitrogen and oxygen atoms in total. The average molecular weight is 384 g/mol. The van der Waals surface area contributed by atoms with Crippen LogP contribution in [0, 0.1) is 24.0 Å². The number of aromatic nitrogens is 1. The van der Waals surface area contributed by atoms with Crippen molar-refractivity contribution in [2.24, 2.45) is 0 Å². The minimum atomic E-state index is -0.429. The molecule has 0 saturated heterocycles. The molecule has 3 aromatic rings. The van der Waals surface area contributed by atoms with Crippen molar-refractivity contribution in [2.45, 2.75) is 13.8 Å². The van der Waals surface area contributed by atoms with Crippen LogP contribution < -0.4 is 10.6 Å². The summed E-state index contributed by atoms with van der Waals surface area (Å²) in [7, 11) is 0. The fourth-order valence-electron chi connectivity index (χ4n) is 2.77. The van der Waals surface area contributed by atoms with Crippen LogP contribution in [0.2, 0.25) is 0 Å². The molecular formula is C19H20N4O3S. The fourth-order valence-corrected chi connectivity index (χ4v) is 3.89. The van der Waals surface area contributed by atoms with Gasteiger partial charge in [-0.05, 0) is 37.6 Å². The number of amides is 1. The molecule has 8 heteroatoms. The van der Waals surface area contributed by atoms with Gasteiger partial charge in [0.2, 0.25) is 0 Å². The summed E-state index contributed by atoms with van der Waals surface area (Å²) < 4.78 is 1.94. The maximum atomic E-state index is 12.7. The largest absolute Gasteiger partial charge is 0.378 e. The second-order valence-electron chi connectivity index (χ2n) is 6.01. The van der Waals surface area contributed by atoms with Crippen LogP contribution in [0.15, 0.2) is 48.8 Å². The second-order valence-corrected chi connectivity index (χ2v) is 7.21. The lowest BCUT2D eigenvalue weighted by molar-refractivity contribution is -0.384. The molecule has 0 saturated carbocycles. The predicted octanol–water partition coefficient (Wildman–Crippen LogP) is 3.91. The number of carbonyl (C=O) groups excluding carboxylic acids is 1. The lowest BCUT2D eigenvalue weighted by Gasteiger charge is -2.10. The third kappa shape index (κ3) is 4.01. The molecule has 0 fully saturated rings. The first-order valence-electron chi connectivity index (χ1n) is 8.48. The number of hydrogen-bond acceptors (Lipinski definition) is 5. The van der Waals surface area contributed by atoms with Gasteiger partial charge < -0.3 is 15.2 Å². The Morgan fingerprint density at radius 1 is 1.15 bits per heavy atom. The van der Waals surface area contributed by atoms with Gasteiger partial charge in [-0.15, -0.1) is 11.3 Å². The number of para-hydroxylation sites is 2. The number of aryl methyl sites for hydroxylation is 1. The second kappa shape index (κ2) is 8.05. The van der Waals surface area contributed by atoms with Crippen LogP contribution in [0.4, 0.5) is 11.4 Å². The topological polar surface area (TPSA) is 89.2 Å². The zero-order valence-electron chi connectivity index (χ0n) is 15.1. The maximum Gasteiger partial charge on any atom is 0.292 e. The third-order valence-corrected chi connectivity index (χ3v) is 5.48. The first-order chi connectivity index (χ1) is 13.0. The number of hydrogen-bond donors (Lipinski definition) is 2. The summed E-state index contributed by atoms with van der Waals surface area (Å²) in [5.41, 5.74) is 2.09. The van der Waals surface area contributed by atoms with Gasteiger partial charge in [0.25, 0.3) is 11.6 Å². The molecular weight excluding hydrogens is 364 g/mol. The lowest BCUT2D eigenvalue weighted by atomic mass is 10.1. The van der Waals surface area contributed by atoms with Crippen LogP contribution in [-0.2, 0) is 0 Å². The van der Waals surface area contributed by atoms with Crippen LogP contribution in [-0.4, -0.2) is 28.5 Å². The number of nitro benzene ring substituents is 1. The van der Waals surface area contributed by atoms with E-state index in [-0.39, 0.29) is 11.6 Å². The molecule has 2 N–H and O–H groups in total. The number of thiophene rings is 1. The Labute approximate surface area is 160 Å². The summed E-state index contributed by atoms with van der Waals surface area (Å²) >= 11 is 1.58. The summed E-state index contributed by atoms with van der Waals surface area (Å²) in [6, 6.07) is 10.3. The molecule has 0 radical (unpaired) electrons. The van der Waals surface area contributed by atoms with Crippen molar-refractivity contribution in [2.75, 3.05) is 18.4 Å². The van der Waals surface area contributed by atoms with Gasteiger partial charge in [0.1, 0.15) is 10.7 Å². The highest BCUT2D eigenvalue weighted by Gasteiger charge is 2.20. The Bertz CT molecular complexity index is 964. The molecule has 1 aromatic carbocycles. The number of rotatable bonds is 7. The Hall–Kier alpha value is -3.13. The van der Waals surface area contributed by atoms with Gasteiger partial charge in [0.05, 0.1) is 10.5 Å². The predicted molar refractivity (Wildman–Crippen MR) is 107 cm³/mol. The van der Waals surface area contributed by atoms with E-state index in [4.69, 9.17) is 0 Å². The molecule has 2 aromatic heterocycles. The van der Waals surface area contributed by atoms with E-state index in [0.717, 1.165) is 15.4 Å². The standard InChI is InChI=1S/C19H20N4O3S/c1-13-14(2)27-19(22-11-5-6-12-22)17(13)18(24)21-10-9-20-15-7-3-4-8-16(15)23(25)26/h3-8,11-12,20H,9-10H2,1-2H3,(H,21,24). The molecule has 3 rings (SSSR count). The molecule has 0 spiro atoms. The summed E-state index contributed by atoms with van der Waals surface area (Å²) in [5, 5.41) is 17.8. The van der Waals surface area contributed by atoms with Crippen molar-refractivity contribution in [3.63, 3.8) is 0 Å². The normalized spacial score (nSPS) is 10.6. The van der Waals surface area contributed by atoms with E-state index in [9.17, 15) is 14.9 Å². The van der Waals surface area contributed by atoms with Gasteiger partial charge in [-0.1, -0.05) is 12.1 Å². The summed E-state index contributed by atoms with van der Waals surface area (Å²) in [6.45, 7) is 4.68. The zero-order chi connectivity index (χ0) is 19.4. The summed E-state index contributed by atoms with van der Waals surface area (Å²) in [5.74, 6) is -0.148. The van der Waals surface area contributed by atoms with E-state index in [0.29, 0.717) is 24.3 Å². The SMILES string of the molecule is Cc1sc(-n2cccc2)c(C(=O)NCCNc2ccccc2[N+](=O)[O-])c1C. The molecule has 0 atom stereocenters. The van der Waals surface area contributed by atoms with Crippen molar-refractivity contribution in [3.05, 3.63) is 74.9 Å². The first kappa shape index (κ1) is 18.7. The van der Waals surface area contributed by atoms with E-state index in [1.807, 2.05) is 42.9 Å². The molecule has 0 aliphatic heterocycles. The van der Waals surface area contributed by atoms with Gasteiger partial charge in [-0.2, -0.15) is 0 Å². The van der Waals surface area contributed by atoms with Crippen LogP contribution in [0.1, 0.15) is 20.8 Å². The van der Waals surface area contributed by atoms with Gasteiger partial charge in [-0.25, -0.2) is 0 Å². The minimum absolute atomic E-state index is 0.0167. The average Bonchev–Trinajstić information content (AvgIpc) is 3.28. The van der Waals surface area contributed by atoms with Gasteiger partial charge in [0.15, 0.2) is 0 Å². The molecule has 0 aliphatic rings. The zero-order valence-corrected chi connectivity index (χ0v) is 15.9. The summed E-state index contributed by atoms with van der Waals surface area (Å²) in [4.78, 5) is 24.4. The summed E-state index contributed by atoms with van der Waals surface area (Å²) in [6.07, 6.45) is 3.83. The highest BCUT2D eigenvalue weighted by atomic mass is 32.1. The molecule has 0 unspecified atom stereocenters. The quantitative estimate of drug-likeness (QED) is 0.367. The van der Waals surface area contributed by atoms with E-state index in [1.54, 1.807) is 29.5 Å². The lowest BCUT2D eigenvalue weighted by Crippen LogP contribution is -2.29. The van der Waals surface area contributed by atoms with Gasteiger partial charge >= 0.3 is 0 Å². The van der Waals surface area contributed by atoms with Crippen LogP contribution in [0.5, 0.6) is 0 Å². The third-order valence-electron chi connectivity index (χ3n) is 4.26. The smallest absolute Gasteiger partial charge is 0.292 e. The van der Waals surface area contributed by atoms with Crippen molar-refractivity contribution >= 4 is 28.6 Å². The Morgan fingerprint density at radius 3 is 2.56 bits per heavy atom. The molecule has 1 amide bonds. The van der Waals surface area contributed by atoms with Gasteiger partial charge in [-0.3, -0.25) is 14.9 Å². The maximum absolute atomic E-state index is 12.7. The highest BCUT2D eigenvalue weighted by Crippen LogP contribution is 2.30. The van der Waals surface area contributed by atoms with E-state index < -0.39 is 4.92 Å². The van der Waals surface area contributed by atoms with Crippen molar-refractivity contribution in [3.8, 4) is 5.00 Å². The van der Waals surface area contributed by atoms with Crippen molar-refractivity contribution < 1.29 is 9.72 Å². The monoisotopic (exact) mass is 384 g/mol. The molecule has 2 heterocycles. The minimum Gasteiger partial charge on any atom is -0.378 e. The molecule has 27 heavy (non-hydrogen) atoms. The van der Waals surface area contributed by atoms with Crippen LogP contribution in [0.25, 0.3) is 5.00 Å². The number of carbonyl (C=O) groups is 1. The fraction of sp³-hybridized carbons (Fsp3) is 0.211. The van der Waals surface area contributed by atoms with E-state index in [1.165, 1.54) is 6.07 Å². The number of benzene rings is 1. The Balaban J connectivity index is 1.65. The number of nitrogens with one attached hydrogen (secondary N) is 2. The van der Waals surface area contributed by atoms with E-state index in [2.05, 4.69) is 10.6 Å². The van der Waals surface area contributed by atoms with Crippen LogP contribution >= 0.6 is 11.3 Å². The van der Waals surface area contributed by atoms with Crippen molar-refractivity contribution in [1.82, 2.24) is 9.88 Å². The molecule has 140 valence electrons. The first-order valence-corrected chi connectivity index (χ1v) is 9.29. The van der Waals surface area contributed by atoms with E-state index >= 15 is 0 Å². The highest BCUT2D eigenvalue weighted by molar-refractivity contribution is 7.15. The van der Waals surface area contributed by atoms with Gasteiger partial charge in [0, 0.05) is 36.4 Å². The van der Waals surface area contributed by atoms with Crippen molar-refractivity contribution in [1.29, 1.82) is 0 Å². The molecule has 0 aliphatic carbocycles. The van der Waals surface area contributed by atoms with Crippen LogP contribution in [0.3, 0.4) is 0 Å². The molecule has 0 bridgehead atoms. The number of anilines is 1.